The van der Waals surface area contributed by atoms with E-state index < -0.39 is 0 Å². The van der Waals surface area contributed by atoms with E-state index in [4.69, 9.17) is 4.42 Å². The van der Waals surface area contributed by atoms with Crippen LogP contribution in [0.2, 0.25) is 0 Å². The Morgan fingerprint density at radius 1 is 0.882 bits per heavy atom. The lowest BCUT2D eigenvalue weighted by atomic mass is 10.2. The molecule has 4 aromatic rings. The number of nitrogens with zero attached hydrogens (tertiary/aromatic N) is 4. The second kappa shape index (κ2) is 9.84. The van der Waals surface area contributed by atoms with Gasteiger partial charge in [-0.15, -0.1) is 10.2 Å². The minimum Gasteiger partial charge on any atom is -0.424 e. The highest BCUT2D eigenvalue weighted by Crippen LogP contribution is 2.31. The number of benzene rings is 3. The summed E-state index contributed by atoms with van der Waals surface area (Å²) in [7, 11) is 0. The number of hydrogen-bond donors (Lipinski definition) is 0. The van der Waals surface area contributed by atoms with Crippen LogP contribution in [0.25, 0.3) is 6.08 Å². The molecule has 6 nitrogen and oxygen atoms in total. The van der Waals surface area contributed by atoms with Crippen molar-refractivity contribution in [2.75, 3.05) is 4.90 Å². The topological polar surface area (TPSA) is 71.6 Å². The minimum absolute atomic E-state index is 0.284. The van der Waals surface area contributed by atoms with Gasteiger partial charge in [0.2, 0.25) is 11.8 Å². The number of rotatable bonds is 6. The Kier molecular flexibility index (Phi) is 6.31. The third kappa shape index (κ3) is 4.97. The van der Waals surface area contributed by atoms with Crippen molar-refractivity contribution in [3.05, 3.63) is 119 Å². The predicted molar refractivity (Wildman–Crippen MR) is 131 cm³/mol. The first-order valence-electron chi connectivity index (χ1n) is 10.6. The molecule has 1 aromatic heterocycles. The second-order valence-corrected chi connectivity index (χ2v) is 8.43. The molecular weight excluding hydrogens is 451 g/mol. The number of aliphatic imine (C=N–C) groups is 1. The van der Waals surface area contributed by atoms with E-state index in [1.807, 2.05) is 60.7 Å². The molecule has 168 valence electrons. The highest BCUT2D eigenvalue weighted by molar-refractivity contribution is 8.13. The first-order chi connectivity index (χ1) is 16.7. The quantitative estimate of drug-likeness (QED) is 0.349. The van der Waals surface area contributed by atoms with Gasteiger partial charge in [0.05, 0.1) is 17.9 Å². The number of carbonyl (C=O) groups is 1. The van der Waals surface area contributed by atoms with E-state index in [9.17, 15) is 9.18 Å². The van der Waals surface area contributed by atoms with Gasteiger partial charge in [-0.2, -0.15) is 0 Å². The molecule has 0 bridgehead atoms. The van der Waals surface area contributed by atoms with Crippen LogP contribution in [0.3, 0.4) is 0 Å². The fraction of sp³-hybridized carbons (Fsp3) is 0.0769. The van der Waals surface area contributed by atoms with Gasteiger partial charge in [-0.1, -0.05) is 72.4 Å². The van der Waals surface area contributed by atoms with E-state index in [1.54, 1.807) is 18.2 Å². The van der Waals surface area contributed by atoms with E-state index in [0.29, 0.717) is 40.5 Å². The molecule has 8 heteroatoms. The lowest BCUT2D eigenvalue weighted by Gasteiger charge is -2.17. The molecule has 5 rings (SSSR count). The SMILES string of the molecule is O=C1/C(=C/c2ccccc2)N=C(SCc2nnc(Cc3ccccc3)o2)N1c1ccc(F)cc1. The van der Waals surface area contributed by atoms with Gasteiger partial charge in [0.15, 0.2) is 5.17 Å². The molecule has 3 aromatic carbocycles. The molecule has 0 unspecified atom stereocenters. The maximum Gasteiger partial charge on any atom is 0.283 e. The summed E-state index contributed by atoms with van der Waals surface area (Å²) in [6, 6.07) is 25.1. The first-order valence-corrected chi connectivity index (χ1v) is 11.6. The lowest BCUT2D eigenvalue weighted by molar-refractivity contribution is -0.113. The average Bonchev–Trinajstić information content (AvgIpc) is 3.43. The highest BCUT2D eigenvalue weighted by Gasteiger charge is 2.32. The molecule has 0 radical (unpaired) electrons. The second-order valence-electron chi connectivity index (χ2n) is 7.49. The fourth-order valence-corrected chi connectivity index (χ4v) is 4.28. The molecule has 34 heavy (non-hydrogen) atoms. The normalized spacial score (nSPS) is 14.6. The summed E-state index contributed by atoms with van der Waals surface area (Å²) in [5.41, 5.74) is 2.77. The van der Waals surface area contributed by atoms with Crippen LogP contribution in [0.1, 0.15) is 22.9 Å². The van der Waals surface area contributed by atoms with Crippen molar-refractivity contribution in [1.29, 1.82) is 0 Å². The number of aromatic nitrogens is 2. The minimum atomic E-state index is -0.376. The molecule has 2 heterocycles. The van der Waals surface area contributed by atoms with Gasteiger partial charge in [0.1, 0.15) is 11.5 Å². The summed E-state index contributed by atoms with van der Waals surface area (Å²) in [5.74, 6) is 0.632. The third-order valence-corrected chi connectivity index (χ3v) is 5.97. The molecule has 0 N–H and O–H groups in total. The number of amides is 1. The Bertz CT molecular complexity index is 1350. The van der Waals surface area contributed by atoms with Crippen molar-refractivity contribution in [3.63, 3.8) is 0 Å². The van der Waals surface area contributed by atoms with Gasteiger partial charge in [-0.25, -0.2) is 9.38 Å². The fourth-order valence-electron chi connectivity index (χ4n) is 3.43. The highest BCUT2D eigenvalue weighted by atomic mass is 32.2. The van der Waals surface area contributed by atoms with Crippen molar-refractivity contribution >= 4 is 34.6 Å². The third-order valence-electron chi connectivity index (χ3n) is 5.05. The molecule has 0 aliphatic carbocycles. The zero-order valence-electron chi connectivity index (χ0n) is 18.0. The monoisotopic (exact) mass is 470 g/mol. The van der Waals surface area contributed by atoms with Crippen LogP contribution in [-0.2, 0) is 17.0 Å². The summed E-state index contributed by atoms with van der Waals surface area (Å²) in [6.45, 7) is 0. The summed E-state index contributed by atoms with van der Waals surface area (Å²) in [4.78, 5) is 19.2. The number of anilines is 1. The zero-order valence-corrected chi connectivity index (χ0v) is 18.8. The van der Waals surface area contributed by atoms with Gasteiger partial charge in [0, 0.05) is 0 Å². The number of halogens is 1. The van der Waals surface area contributed by atoms with Crippen molar-refractivity contribution in [1.82, 2.24) is 10.2 Å². The van der Waals surface area contributed by atoms with Crippen LogP contribution in [0.15, 0.2) is 100 Å². The van der Waals surface area contributed by atoms with Crippen molar-refractivity contribution < 1.29 is 13.6 Å². The number of carbonyl (C=O) groups excluding carboxylic acids is 1. The van der Waals surface area contributed by atoms with E-state index in [-0.39, 0.29) is 11.7 Å². The number of amidine groups is 1. The van der Waals surface area contributed by atoms with Gasteiger partial charge < -0.3 is 4.42 Å². The zero-order chi connectivity index (χ0) is 23.3. The van der Waals surface area contributed by atoms with Crippen LogP contribution >= 0.6 is 11.8 Å². The summed E-state index contributed by atoms with van der Waals surface area (Å²) in [5, 5.41) is 8.71. The molecule has 0 atom stereocenters. The van der Waals surface area contributed by atoms with Crippen LogP contribution in [-0.4, -0.2) is 21.3 Å². The molecule has 1 amide bonds. The van der Waals surface area contributed by atoms with Crippen LogP contribution in [0.4, 0.5) is 10.1 Å². The molecular formula is C26H19FN4O2S. The van der Waals surface area contributed by atoms with E-state index in [1.165, 1.54) is 28.8 Å². The number of hydrogen-bond acceptors (Lipinski definition) is 6. The van der Waals surface area contributed by atoms with Crippen LogP contribution in [0.5, 0.6) is 0 Å². The van der Waals surface area contributed by atoms with Crippen LogP contribution < -0.4 is 4.90 Å². The van der Waals surface area contributed by atoms with Gasteiger partial charge in [0.25, 0.3) is 5.91 Å². The summed E-state index contributed by atoms with van der Waals surface area (Å²) >= 11 is 1.31. The van der Waals surface area contributed by atoms with Crippen LogP contribution in [0, 0.1) is 5.82 Å². The standard InChI is InChI=1S/C26H19FN4O2S/c27-20-11-13-21(14-12-20)31-25(32)22(15-18-7-3-1-4-8-18)28-26(31)34-17-24-30-29-23(33-24)16-19-9-5-2-6-10-19/h1-15H,16-17H2/b22-15-. The molecule has 0 saturated carbocycles. The van der Waals surface area contributed by atoms with Gasteiger partial charge >= 0.3 is 0 Å². The summed E-state index contributed by atoms with van der Waals surface area (Å²) < 4.78 is 19.3. The molecule has 1 aliphatic rings. The Morgan fingerprint density at radius 3 is 2.29 bits per heavy atom. The Morgan fingerprint density at radius 2 is 1.56 bits per heavy atom. The largest absolute Gasteiger partial charge is 0.424 e. The van der Waals surface area contributed by atoms with E-state index in [2.05, 4.69) is 15.2 Å². The Labute approximate surface area is 199 Å². The predicted octanol–water partition coefficient (Wildman–Crippen LogP) is 5.48. The molecule has 0 saturated heterocycles. The van der Waals surface area contributed by atoms with Crippen molar-refractivity contribution in [3.8, 4) is 0 Å². The van der Waals surface area contributed by atoms with Gasteiger partial charge in [-0.3, -0.25) is 9.69 Å². The number of thioether (sulfide) groups is 1. The smallest absolute Gasteiger partial charge is 0.283 e. The van der Waals surface area contributed by atoms with E-state index in [0.717, 1.165) is 11.1 Å². The lowest BCUT2D eigenvalue weighted by Crippen LogP contribution is -2.30. The Balaban J connectivity index is 1.37. The molecule has 1 aliphatic heterocycles. The van der Waals surface area contributed by atoms with E-state index >= 15 is 0 Å². The first kappa shape index (κ1) is 21.8. The Hall–Kier alpha value is -4.04. The van der Waals surface area contributed by atoms with Gasteiger partial charge in [-0.05, 0) is 41.5 Å². The summed E-state index contributed by atoms with van der Waals surface area (Å²) in [6.07, 6.45) is 2.28. The maximum absolute atomic E-state index is 13.5. The van der Waals surface area contributed by atoms with Crippen molar-refractivity contribution in [2.24, 2.45) is 4.99 Å². The maximum atomic E-state index is 13.5. The molecule has 0 spiro atoms. The molecule has 0 fully saturated rings. The van der Waals surface area contributed by atoms with Crippen molar-refractivity contribution in [2.45, 2.75) is 12.2 Å². The average molecular weight is 471 g/mol.